The lowest BCUT2D eigenvalue weighted by Crippen LogP contribution is -2.17. The zero-order valence-corrected chi connectivity index (χ0v) is 11.6. The third kappa shape index (κ3) is 2.82. The van der Waals surface area contributed by atoms with Gasteiger partial charge in [0.2, 0.25) is 0 Å². The summed E-state index contributed by atoms with van der Waals surface area (Å²) in [4.78, 5) is 11.6. The first-order chi connectivity index (χ1) is 9.35. The molecule has 1 aliphatic rings. The molecule has 2 rings (SSSR count). The SMILES string of the molecule is CCOC(=O)c1cnn(C2CCS(=O)(=O)C2)c1C(F)F. The van der Waals surface area contributed by atoms with Gasteiger partial charge in [-0.1, -0.05) is 0 Å². The molecule has 1 unspecified atom stereocenters. The van der Waals surface area contributed by atoms with Gasteiger partial charge in [-0.2, -0.15) is 5.10 Å². The number of carbonyl (C=O) groups excluding carboxylic acids is 1. The maximum atomic E-state index is 13.1. The van der Waals surface area contributed by atoms with Crippen LogP contribution in [0.5, 0.6) is 0 Å². The summed E-state index contributed by atoms with van der Waals surface area (Å²) in [6, 6.07) is -0.660. The number of aromatic nitrogens is 2. The van der Waals surface area contributed by atoms with E-state index in [-0.39, 0.29) is 30.1 Å². The van der Waals surface area contributed by atoms with Crippen molar-refractivity contribution in [2.75, 3.05) is 18.1 Å². The fraction of sp³-hybridized carbons (Fsp3) is 0.636. The van der Waals surface area contributed by atoms with Crippen molar-refractivity contribution >= 4 is 15.8 Å². The van der Waals surface area contributed by atoms with E-state index in [9.17, 15) is 22.0 Å². The first kappa shape index (κ1) is 14.9. The van der Waals surface area contributed by atoms with Gasteiger partial charge in [0.05, 0.1) is 30.4 Å². The third-order valence-corrected chi connectivity index (χ3v) is 4.84. The third-order valence-electron chi connectivity index (χ3n) is 3.09. The van der Waals surface area contributed by atoms with E-state index in [1.165, 1.54) is 0 Å². The highest BCUT2D eigenvalue weighted by Gasteiger charge is 2.35. The number of ether oxygens (including phenoxy) is 1. The molecular formula is C11H14F2N2O4S. The molecule has 0 amide bonds. The number of carbonyl (C=O) groups is 1. The highest BCUT2D eigenvalue weighted by Crippen LogP contribution is 2.31. The number of hydrogen-bond donors (Lipinski definition) is 0. The van der Waals surface area contributed by atoms with Crippen molar-refractivity contribution in [2.45, 2.75) is 25.8 Å². The van der Waals surface area contributed by atoms with Crippen LogP contribution in [0.2, 0.25) is 0 Å². The molecule has 112 valence electrons. The zero-order chi connectivity index (χ0) is 14.9. The van der Waals surface area contributed by atoms with Crippen LogP contribution in [-0.4, -0.2) is 42.3 Å². The van der Waals surface area contributed by atoms with Gasteiger partial charge < -0.3 is 4.74 Å². The molecule has 1 fully saturated rings. The molecule has 0 aliphatic carbocycles. The molecule has 0 radical (unpaired) electrons. The van der Waals surface area contributed by atoms with Crippen molar-refractivity contribution in [1.82, 2.24) is 9.78 Å². The van der Waals surface area contributed by atoms with Gasteiger partial charge in [0.1, 0.15) is 11.3 Å². The van der Waals surface area contributed by atoms with E-state index in [1.807, 2.05) is 0 Å². The van der Waals surface area contributed by atoms with Gasteiger partial charge in [0.15, 0.2) is 9.84 Å². The minimum Gasteiger partial charge on any atom is -0.462 e. The molecule has 0 aromatic carbocycles. The highest BCUT2D eigenvalue weighted by molar-refractivity contribution is 7.91. The second-order valence-corrected chi connectivity index (χ2v) is 6.69. The molecule has 1 aromatic rings. The lowest BCUT2D eigenvalue weighted by molar-refractivity contribution is 0.0513. The average molecular weight is 308 g/mol. The van der Waals surface area contributed by atoms with Gasteiger partial charge in [0, 0.05) is 0 Å². The highest BCUT2D eigenvalue weighted by atomic mass is 32.2. The monoisotopic (exact) mass is 308 g/mol. The van der Waals surface area contributed by atoms with E-state index in [0.29, 0.717) is 0 Å². The molecule has 1 aromatic heterocycles. The Bertz CT molecular complexity index is 612. The Labute approximate surface area is 114 Å². The Kier molecular flexibility index (Phi) is 4.07. The number of rotatable bonds is 4. The molecule has 0 spiro atoms. The molecule has 0 N–H and O–H groups in total. The van der Waals surface area contributed by atoms with E-state index in [2.05, 4.69) is 5.10 Å². The van der Waals surface area contributed by atoms with Crippen LogP contribution in [0.15, 0.2) is 6.20 Å². The summed E-state index contributed by atoms with van der Waals surface area (Å²) in [6.07, 6.45) is -1.71. The standard InChI is InChI=1S/C11H14F2N2O4S/c1-2-19-11(16)8-5-14-15(9(8)10(12)13)7-3-4-20(17,18)6-7/h5,7,10H,2-4,6H2,1H3. The number of halogens is 2. The molecular weight excluding hydrogens is 294 g/mol. The van der Waals surface area contributed by atoms with E-state index in [1.54, 1.807) is 6.92 Å². The largest absolute Gasteiger partial charge is 0.462 e. The van der Waals surface area contributed by atoms with E-state index in [4.69, 9.17) is 4.74 Å². The Hall–Kier alpha value is -1.51. The van der Waals surface area contributed by atoms with Gasteiger partial charge in [-0.3, -0.25) is 4.68 Å². The molecule has 20 heavy (non-hydrogen) atoms. The molecule has 1 saturated heterocycles. The maximum absolute atomic E-state index is 13.1. The Balaban J connectivity index is 2.37. The van der Waals surface area contributed by atoms with Gasteiger partial charge in [0.25, 0.3) is 6.43 Å². The topological polar surface area (TPSA) is 78.3 Å². The van der Waals surface area contributed by atoms with E-state index >= 15 is 0 Å². The van der Waals surface area contributed by atoms with Crippen LogP contribution in [-0.2, 0) is 14.6 Å². The number of hydrogen-bond acceptors (Lipinski definition) is 5. The molecule has 9 heteroatoms. The summed E-state index contributed by atoms with van der Waals surface area (Å²) in [5, 5.41) is 3.76. The minimum absolute atomic E-state index is 0.0600. The van der Waals surface area contributed by atoms with E-state index in [0.717, 1.165) is 10.9 Å². The summed E-state index contributed by atoms with van der Waals surface area (Å²) in [5.74, 6) is -1.18. The molecule has 1 atom stereocenters. The first-order valence-electron chi connectivity index (χ1n) is 6.09. The predicted octanol–water partition coefficient (Wildman–Crippen LogP) is 1.36. The van der Waals surface area contributed by atoms with Crippen LogP contribution in [0, 0.1) is 0 Å². The molecule has 0 saturated carbocycles. The van der Waals surface area contributed by atoms with Crippen molar-refractivity contribution in [3.8, 4) is 0 Å². The van der Waals surface area contributed by atoms with E-state index < -0.39 is 34.0 Å². The normalized spacial score (nSPS) is 21.3. The summed E-state index contributed by atoms with van der Waals surface area (Å²) in [7, 11) is -3.23. The van der Waals surface area contributed by atoms with Crippen molar-refractivity contribution < 1.29 is 26.7 Å². The molecule has 0 bridgehead atoms. The lowest BCUT2D eigenvalue weighted by atomic mass is 10.2. The fourth-order valence-corrected chi connectivity index (χ4v) is 3.91. The summed E-state index contributed by atoms with van der Waals surface area (Å²) in [5.41, 5.74) is -0.892. The van der Waals surface area contributed by atoms with Gasteiger partial charge >= 0.3 is 5.97 Å². The van der Waals surface area contributed by atoms with Crippen LogP contribution >= 0.6 is 0 Å². The summed E-state index contributed by atoms with van der Waals surface area (Å²) < 4.78 is 54.8. The van der Waals surface area contributed by atoms with Gasteiger partial charge in [-0.15, -0.1) is 0 Å². The van der Waals surface area contributed by atoms with Crippen LogP contribution in [0.25, 0.3) is 0 Å². The second kappa shape index (κ2) is 5.47. The average Bonchev–Trinajstić information content (AvgIpc) is 2.92. The predicted molar refractivity (Wildman–Crippen MR) is 65.4 cm³/mol. The summed E-state index contributed by atoms with van der Waals surface area (Å²) in [6.45, 7) is 1.62. The second-order valence-electron chi connectivity index (χ2n) is 4.47. The van der Waals surface area contributed by atoms with Crippen molar-refractivity contribution in [1.29, 1.82) is 0 Å². The molecule has 1 aliphatic heterocycles. The van der Waals surface area contributed by atoms with Crippen molar-refractivity contribution in [3.63, 3.8) is 0 Å². The molecule has 2 heterocycles. The number of esters is 1. The van der Waals surface area contributed by atoms with Gasteiger partial charge in [-0.05, 0) is 13.3 Å². The van der Waals surface area contributed by atoms with Crippen LogP contribution < -0.4 is 0 Å². The quantitative estimate of drug-likeness (QED) is 0.785. The van der Waals surface area contributed by atoms with Crippen molar-refractivity contribution in [2.24, 2.45) is 0 Å². The Morgan fingerprint density at radius 2 is 2.30 bits per heavy atom. The number of sulfone groups is 1. The van der Waals surface area contributed by atoms with Crippen molar-refractivity contribution in [3.05, 3.63) is 17.5 Å². The summed E-state index contributed by atoms with van der Waals surface area (Å²) >= 11 is 0. The zero-order valence-electron chi connectivity index (χ0n) is 10.8. The first-order valence-corrected chi connectivity index (χ1v) is 7.91. The number of alkyl halides is 2. The number of nitrogens with zero attached hydrogens (tertiary/aromatic N) is 2. The molecule has 6 nitrogen and oxygen atoms in total. The van der Waals surface area contributed by atoms with Gasteiger partial charge in [-0.25, -0.2) is 22.0 Å². The van der Waals surface area contributed by atoms with Crippen LogP contribution in [0.1, 0.15) is 41.9 Å². The Morgan fingerprint density at radius 1 is 1.60 bits per heavy atom. The fourth-order valence-electron chi connectivity index (χ4n) is 2.21. The smallest absolute Gasteiger partial charge is 0.341 e. The van der Waals surface area contributed by atoms with Crippen LogP contribution in [0.3, 0.4) is 0 Å². The van der Waals surface area contributed by atoms with Crippen LogP contribution in [0.4, 0.5) is 8.78 Å². The lowest BCUT2D eigenvalue weighted by Gasteiger charge is -2.13. The maximum Gasteiger partial charge on any atom is 0.341 e. The minimum atomic E-state index is -3.23. The Morgan fingerprint density at radius 3 is 2.80 bits per heavy atom.